The number of halogens is 1. The molecule has 0 radical (unpaired) electrons. The Hall–Kier alpha value is -0.980. The minimum atomic E-state index is -4.23. The summed E-state index contributed by atoms with van der Waals surface area (Å²) in [5, 5.41) is 9.26. The number of aliphatic hydroxyl groups excluding tert-OH is 1. The van der Waals surface area contributed by atoms with Gasteiger partial charge < -0.3 is 5.11 Å². The van der Waals surface area contributed by atoms with Crippen molar-refractivity contribution < 1.29 is 22.5 Å². The summed E-state index contributed by atoms with van der Waals surface area (Å²) < 4.78 is 42.4. The molecule has 0 amide bonds. The van der Waals surface area contributed by atoms with E-state index in [1.165, 1.54) is 18.2 Å². The number of hydrogen-bond donors (Lipinski definition) is 2. The zero-order chi connectivity index (χ0) is 11.5. The maximum absolute atomic E-state index is 13.1. The highest BCUT2D eigenvalue weighted by Crippen LogP contribution is 2.09. The predicted molar refractivity (Wildman–Crippen MR) is 52.5 cm³/mol. The average molecular weight is 234 g/mol. The summed E-state index contributed by atoms with van der Waals surface area (Å²) in [4.78, 5) is 0. The highest BCUT2D eigenvalue weighted by Gasteiger charge is 2.15. The minimum Gasteiger partial charge on any atom is -0.392 e. The van der Waals surface area contributed by atoms with Crippen LogP contribution < -0.4 is 0 Å². The van der Waals surface area contributed by atoms with Gasteiger partial charge in [-0.15, -0.1) is 0 Å². The van der Waals surface area contributed by atoms with Crippen LogP contribution in [0.4, 0.5) is 4.39 Å². The Morgan fingerprint density at radius 1 is 1.33 bits per heavy atom. The van der Waals surface area contributed by atoms with E-state index < -0.39 is 27.8 Å². The fourth-order valence-corrected chi connectivity index (χ4v) is 1.82. The highest BCUT2D eigenvalue weighted by molar-refractivity contribution is 7.85. The number of benzene rings is 1. The lowest BCUT2D eigenvalue weighted by Crippen LogP contribution is -2.22. The van der Waals surface area contributed by atoms with Gasteiger partial charge in [-0.3, -0.25) is 4.55 Å². The van der Waals surface area contributed by atoms with Crippen LogP contribution in [-0.4, -0.2) is 29.9 Å². The summed E-state index contributed by atoms with van der Waals surface area (Å²) >= 11 is 0. The second-order valence-corrected chi connectivity index (χ2v) is 4.70. The molecule has 0 spiro atoms. The Kier molecular flexibility index (Phi) is 3.78. The Labute approximate surface area is 87.1 Å². The molecular weight excluding hydrogens is 223 g/mol. The third-order valence-electron chi connectivity index (χ3n) is 1.82. The van der Waals surface area contributed by atoms with E-state index in [4.69, 9.17) is 4.55 Å². The van der Waals surface area contributed by atoms with Crippen LogP contribution in [0, 0.1) is 5.82 Å². The van der Waals surface area contributed by atoms with Crippen LogP contribution in [0.5, 0.6) is 0 Å². The number of hydrogen-bond acceptors (Lipinski definition) is 3. The van der Waals surface area contributed by atoms with Crippen LogP contribution in [0.1, 0.15) is 5.56 Å². The van der Waals surface area contributed by atoms with Crippen LogP contribution in [0.15, 0.2) is 24.3 Å². The van der Waals surface area contributed by atoms with E-state index in [0.29, 0.717) is 0 Å². The fraction of sp³-hybridized carbons (Fsp3) is 0.333. The van der Waals surface area contributed by atoms with Crippen molar-refractivity contribution in [1.29, 1.82) is 0 Å². The molecule has 1 aromatic carbocycles. The van der Waals surface area contributed by atoms with Gasteiger partial charge in [-0.1, -0.05) is 18.2 Å². The summed E-state index contributed by atoms with van der Waals surface area (Å²) in [7, 11) is -4.23. The molecule has 1 aromatic rings. The van der Waals surface area contributed by atoms with Crippen molar-refractivity contribution in [2.24, 2.45) is 0 Å². The largest absolute Gasteiger partial charge is 0.392 e. The quantitative estimate of drug-likeness (QED) is 0.749. The topological polar surface area (TPSA) is 74.6 Å². The summed E-state index contributed by atoms with van der Waals surface area (Å²) in [6.07, 6.45) is -1.45. The van der Waals surface area contributed by atoms with E-state index in [-0.39, 0.29) is 12.0 Å². The zero-order valence-corrected chi connectivity index (χ0v) is 8.61. The molecule has 0 aliphatic rings. The molecule has 0 saturated heterocycles. The molecule has 0 fully saturated rings. The van der Waals surface area contributed by atoms with Crippen molar-refractivity contribution in [3.63, 3.8) is 0 Å². The molecule has 6 heteroatoms. The van der Waals surface area contributed by atoms with Gasteiger partial charge >= 0.3 is 0 Å². The molecule has 0 aliphatic heterocycles. The Bertz CT molecular complexity index is 429. The molecule has 0 aromatic heterocycles. The van der Waals surface area contributed by atoms with Crippen LogP contribution in [0.2, 0.25) is 0 Å². The molecule has 1 rings (SSSR count). The molecule has 0 heterocycles. The standard InChI is InChI=1S/C9H11FO4S/c10-9-4-2-1-3-7(9)5-8(11)6-15(12,13)14/h1-4,8,11H,5-6H2,(H,12,13,14). The predicted octanol–water partition coefficient (Wildman–Crippen LogP) is 0.617. The summed E-state index contributed by atoms with van der Waals surface area (Å²) in [5.74, 6) is -1.30. The third-order valence-corrected chi connectivity index (χ3v) is 2.62. The lowest BCUT2D eigenvalue weighted by molar-refractivity contribution is 0.194. The van der Waals surface area contributed by atoms with Gasteiger partial charge in [0.05, 0.1) is 6.10 Å². The molecule has 0 bridgehead atoms. The van der Waals surface area contributed by atoms with E-state index in [0.717, 1.165) is 0 Å². The lowest BCUT2D eigenvalue weighted by Gasteiger charge is -2.08. The molecule has 15 heavy (non-hydrogen) atoms. The first-order valence-corrected chi connectivity index (χ1v) is 5.86. The normalized spacial score (nSPS) is 13.8. The third kappa shape index (κ3) is 4.37. The van der Waals surface area contributed by atoms with Gasteiger partial charge in [-0.25, -0.2) is 4.39 Å². The van der Waals surface area contributed by atoms with Crippen LogP contribution in [0.25, 0.3) is 0 Å². The van der Waals surface area contributed by atoms with Crippen LogP contribution in [0.3, 0.4) is 0 Å². The van der Waals surface area contributed by atoms with Gasteiger partial charge in [-0.2, -0.15) is 8.42 Å². The second-order valence-electron chi connectivity index (χ2n) is 3.20. The fourth-order valence-electron chi connectivity index (χ4n) is 1.22. The van der Waals surface area contributed by atoms with Gasteiger partial charge in [-0.05, 0) is 11.6 Å². The first-order chi connectivity index (χ1) is 6.88. The SMILES string of the molecule is O=S(=O)(O)CC(O)Cc1ccccc1F. The average Bonchev–Trinajstić information content (AvgIpc) is 2.05. The summed E-state index contributed by atoms with van der Waals surface area (Å²) in [6, 6.07) is 5.74. The van der Waals surface area contributed by atoms with Gasteiger partial charge in [0.15, 0.2) is 0 Å². The van der Waals surface area contributed by atoms with E-state index >= 15 is 0 Å². The zero-order valence-electron chi connectivity index (χ0n) is 7.80. The van der Waals surface area contributed by atoms with Gasteiger partial charge in [0.1, 0.15) is 11.6 Å². The smallest absolute Gasteiger partial charge is 0.267 e. The highest BCUT2D eigenvalue weighted by atomic mass is 32.2. The van der Waals surface area contributed by atoms with Crippen LogP contribution >= 0.6 is 0 Å². The molecular formula is C9H11FO4S. The maximum atomic E-state index is 13.1. The molecule has 2 N–H and O–H groups in total. The molecule has 1 atom stereocenters. The monoisotopic (exact) mass is 234 g/mol. The van der Waals surface area contributed by atoms with Crippen molar-refractivity contribution >= 4 is 10.1 Å². The van der Waals surface area contributed by atoms with Crippen LogP contribution in [-0.2, 0) is 16.5 Å². The van der Waals surface area contributed by atoms with Crippen molar-refractivity contribution in [3.8, 4) is 0 Å². The second kappa shape index (κ2) is 4.69. The Morgan fingerprint density at radius 3 is 2.47 bits per heavy atom. The number of rotatable bonds is 4. The summed E-state index contributed by atoms with van der Waals surface area (Å²) in [5.41, 5.74) is 0.216. The molecule has 0 saturated carbocycles. The molecule has 84 valence electrons. The minimum absolute atomic E-state index is 0.146. The van der Waals surface area contributed by atoms with Crippen molar-refractivity contribution in [1.82, 2.24) is 0 Å². The van der Waals surface area contributed by atoms with E-state index in [1.54, 1.807) is 6.07 Å². The van der Waals surface area contributed by atoms with Crippen molar-refractivity contribution in [3.05, 3.63) is 35.6 Å². The first-order valence-electron chi connectivity index (χ1n) is 4.25. The van der Waals surface area contributed by atoms with E-state index in [9.17, 15) is 17.9 Å². The van der Waals surface area contributed by atoms with E-state index in [1.807, 2.05) is 0 Å². The lowest BCUT2D eigenvalue weighted by atomic mass is 10.1. The molecule has 1 unspecified atom stereocenters. The molecule has 4 nitrogen and oxygen atoms in total. The number of aliphatic hydroxyl groups is 1. The Morgan fingerprint density at radius 2 is 1.93 bits per heavy atom. The van der Waals surface area contributed by atoms with Crippen molar-refractivity contribution in [2.75, 3.05) is 5.75 Å². The first kappa shape index (κ1) is 12.1. The maximum Gasteiger partial charge on any atom is 0.267 e. The van der Waals surface area contributed by atoms with Gasteiger partial charge in [0.2, 0.25) is 0 Å². The van der Waals surface area contributed by atoms with Crippen molar-refractivity contribution in [2.45, 2.75) is 12.5 Å². The summed E-state index contributed by atoms with van der Waals surface area (Å²) in [6.45, 7) is 0. The molecule has 0 aliphatic carbocycles. The van der Waals surface area contributed by atoms with E-state index in [2.05, 4.69) is 0 Å². The van der Waals surface area contributed by atoms with Gasteiger partial charge in [0, 0.05) is 6.42 Å². The van der Waals surface area contributed by atoms with Gasteiger partial charge in [0.25, 0.3) is 10.1 Å². The Balaban J connectivity index is 2.67.